The molecule has 0 rings (SSSR count). The third-order valence-electron chi connectivity index (χ3n) is 1.26. The van der Waals surface area contributed by atoms with Crippen molar-refractivity contribution >= 4 is 7.75 Å². The van der Waals surface area contributed by atoms with Crippen LogP contribution in [0.3, 0.4) is 0 Å². The lowest BCUT2D eigenvalue weighted by Gasteiger charge is -2.25. The minimum Gasteiger partial charge on any atom is -0.380 e. The van der Waals surface area contributed by atoms with E-state index in [0.29, 0.717) is 0 Å². The Bertz CT molecular complexity index is 162. The van der Waals surface area contributed by atoms with Crippen molar-refractivity contribution < 1.29 is 23.8 Å². The lowest BCUT2D eigenvalue weighted by Crippen LogP contribution is -2.25. The molecule has 0 saturated heterocycles. The van der Waals surface area contributed by atoms with Crippen LogP contribution in [-0.2, 0) is 13.6 Å². The van der Waals surface area contributed by atoms with Gasteiger partial charge in [0.1, 0.15) is 13.5 Å². The normalized spacial score (nSPS) is 12.4. The predicted octanol–water partition coefficient (Wildman–Crippen LogP) is 0.369. The summed E-state index contributed by atoms with van der Waals surface area (Å²) in [4.78, 5) is 0. The molecule has 0 radical (unpaired) electrons. The second-order valence-electron chi connectivity index (χ2n) is 2.09. The summed E-state index contributed by atoms with van der Waals surface area (Å²) in [7, 11) is -3.50. The van der Waals surface area contributed by atoms with Crippen LogP contribution >= 0.6 is 7.75 Å². The molecule has 0 fully saturated rings. The van der Waals surface area contributed by atoms with Crippen LogP contribution in [0.25, 0.3) is 0 Å². The maximum atomic E-state index is 11.7. The van der Waals surface area contributed by atoms with Gasteiger partial charge in [-0.2, -0.15) is 4.67 Å². The van der Waals surface area contributed by atoms with Crippen molar-refractivity contribution in [2.75, 3.05) is 26.7 Å². The maximum Gasteiger partial charge on any atom is 0.411 e. The van der Waals surface area contributed by atoms with E-state index >= 15 is 0 Å². The predicted molar refractivity (Wildman–Crippen MR) is 46.9 cm³/mol. The topological polar surface area (TPSA) is 79.2 Å². The second-order valence-corrected chi connectivity index (χ2v) is 4.11. The Balaban J connectivity index is 4.44. The van der Waals surface area contributed by atoms with Gasteiger partial charge in [-0.15, -0.1) is 0 Å². The average Bonchev–Trinajstić information content (AvgIpc) is 2.07. The van der Waals surface area contributed by atoms with E-state index in [9.17, 15) is 4.57 Å². The lowest BCUT2D eigenvalue weighted by atomic mass is 10.9. The van der Waals surface area contributed by atoms with Crippen molar-refractivity contribution in [1.29, 1.82) is 0 Å². The van der Waals surface area contributed by atoms with Crippen molar-refractivity contribution in [3.63, 3.8) is 0 Å². The molecule has 0 aliphatic rings. The van der Waals surface area contributed by atoms with Crippen molar-refractivity contribution in [1.82, 2.24) is 4.67 Å². The number of nitrogens with zero attached hydrogens (tertiary/aromatic N) is 1. The molecular formula is C6H16NO5P. The van der Waals surface area contributed by atoms with E-state index in [4.69, 9.17) is 19.3 Å². The number of hydrogen-bond donors (Lipinski definition) is 2. The Morgan fingerprint density at radius 2 is 1.54 bits per heavy atom. The van der Waals surface area contributed by atoms with Gasteiger partial charge in [0.2, 0.25) is 0 Å². The zero-order chi connectivity index (χ0) is 10.3. The molecule has 0 aromatic rings. The molecule has 13 heavy (non-hydrogen) atoms. The van der Waals surface area contributed by atoms with Gasteiger partial charge in [-0.1, -0.05) is 0 Å². The Kier molecular flexibility index (Phi) is 6.49. The largest absolute Gasteiger partial charge is 0.411 e. The summed E-state index contributed by atoms with van der Waals surface area (Å²) in [6.07, 6.45) is 0. The quantitative estimate of drug-likeness (QED) is 0.470. The maximum absolute atomic E-state index is 11.7. The molecule has 0 aliphatic heterocycles. The summed E-state index contributed by atoms with van der Waals surface area (Å²) < 4.78 is 22.3. The highest BCUT2D eigenvalue weighted by atomic mass is 31.2. The summed E-state index contributed by atoms with van der Waals surface area (Å²) in [5.41, 5.74) is 0. The number of aliphatic hydroxyl groups is 2. The van der Waals surface area contributed by atoms with Crippen LogP contribution in [0.4, 0.5) is 0 Å². The highest BCUT2D eigenvalue weighted by molar-refractivity contribution is 7.51. The summed E-state index contributed by atoms with van der Waals surface area (Å²) in [5, 5.41) is 17.5. The number of hydrogen-bond acceptors (Lipinski definition) is 5. The van der Waals surface area contributed by atoms with E-state index in [1.54, 1.807) is 13.8 Å². The molecule has 2 N–H and O–H groups in total. The molecule has 0 spiro atoms. The van der Waals surface area contributed by atoms with Gasteiger partial charge in [0.05, 0.1) is 13.2 Å². The fraction of sp³-hybridized carbons (Fsp3) is 1.00. The smallest absolute Gasteiger partial charge is 0.380 e. The Labute approximate surface area is 77.7 Å². The van der Waals surface area contributed by atoms with Gasteiger partial charge < -0.3 is 10.2 Å². The third-order valence-corrected chi connectivity index (χ3v) is 3.37. The molecule has 0 atom stereocenters. The van der Waals surface area contributed by atoms with E-state index in [-0.39, 0.29) is 13.2 Å². The molecule has 0 heterocycles. The number of aliphatic hydroxyl groups excluding tert-OH is 2. The van der Waals surface area contributed by atoms with Crippen LogP contribution in [0, 0.1) is 0 Å². The van der Waals surface area contributed by atoms with Crippen LogP contribution < -0.4 is 0 Å². The first-order chi connectivity index (χ1) is 6.14. The summed E-state index contributed by atoms with van der Waals surface area (Å²) in [5.74, 6) is 0. The zero-order valence-corrected chi connectivity index (χ0v) is 8.74. The van der Waals surface area contributed by atoms with Gasteiger partial charge in [0.15, 0.2) is 0 Å². The summed E-state index contributed by atoms with van der Waals surface area (Å²) in [6, 6.07) is 0. The van der Waals surface area contributed by atoms with Crippen molar-refractivity contribution in [3.8, 4) is 0 Å². The van der Waals surface area contributed by atoms with Crippen LogP contribution in [0.2, 0.25) is 0 Å². The Morgan fingerprint density at radius 1 is 1.15 bits per heavy atom. The first-order valence-corrected chi connectivity index (χ1v) is 5.50. The van der Waals surface area contributed by atoms with Crippen molar-refractivity contribution in [2.24, 2.45) is 0 Å². The molecule has 0 aromatic heterocycles. The van der Waals surface area contributed by atoms with Crippen LogP contribution in [0.1, 0.15) is 13.8 Å². The average molecular weight is 213 g/mol. The zero-order valence-electron chi connectivity index (χ0n) is 7.84. The van der Waals surface area contributed by atoms with Gasteiger partial charge in [-0.25, -0.2) is 4.57 Å². The molecule has 7 heteroatoms. The van der Waals surface area contributed by atoms with Crippen molar-refractivity contribution in [2.45, 2.75) is 13.8 Å². The molecule has 0 saturated carbocycles. The van der Waals surface area contributed by atoms with E-state index in [0.717, 1.165) is 4.67 Å². The van der Waals surface area contributed by atoms with Gasteiger partial charge in [0.25, 0.3) is 0 Å². The van der Waals surface area contributed by atoms with Crippen LogP contribution in [0.5, 0.6) is 0 Å². The minimum absolute atomic E-state index is 0.188. The first kappa shape index (κ1) is 13.0. The van der Waals surface area contributed by atoms with E-state index < -0.39 is 21.2 Å². The first-order valence-electron chi connectivity index (χ1n) is 4.00. The molecular weight excluding hydrogens is 197 g/mol. The molecule has 80 valence electrons. The fourth-order valence-corrected chi connectivity index (χ4v) is 2.09. The minimum atomic E-state index is -3.50. The molecule has 0 amide bonds. The highest BCUT2D eigenvalue weighted by Crippen LogP contribution is 2.50. The fourth-order valence-electron chi connectivity index (χ4n) is 0.726. The second kappa shape index (κ2) is 6.48. The number of rotatable bonds is 7. The lowest BCUT2D eigenvalue weighted by molar-refractivity contribution is 0.0533. The molecule has 0 aromatic carbocycles. The Morgan fingerprint density at radius 3 is 1.77 bits per heavy atom. The van der Waals surface area contributed by atoms with Crippen LogP contribution in [-0.4, -0.2) is 41.6 Å². The Hall–Kier alpha value is 0.0300. The standard InChI is InChI=1S/C6H16NO5P/c1-3-11-13(10,12-4-2)7(5-8)6-9/h8-9H,3-6H2,1-2H3. The molecule has 0 unspecified atom stereocenters. The van der Waals surface area contributed by atoms with Crippen molar-refractivity contribution in [3.05, 3.63) is 0 Å². The third kappa shape index (κ3) is 3.72. The van der Waals surface area contributed by atoms with Gasteiger partial charge in [-0.3, -0.25) is 9.05 Å². The molecule has 0 bridgehead atoms. The van der Waals surface area contributed by atoms with Crippen LogP contribution in [0.15, 0.2) is 0 Å². The van der Waals surface area contributed by atoms with E-state index in [1.807, 2.05) is 0 Å². The molecule has 6 nitrogen and oxygen atoms in total. The van der Waals surface area contributed by atoms with Gasteiger partial charge in [-0.05, 0) is 13.8 Å². The summed E-state index contributed by atoms with van der Waals surface area (Å²) in [6.45, 7) is 2.53. The van der Waals surface area contributed by atoms with Gasteiger partial charge in [0, 0.05) is 0 Å². The SMILES string of the molecule is CCOP(=O)(OCC)N(CO)CO. The monoisotopic (exact) mass is 213 g/mol. The van der Waals surface area contributed by atoms with E-state index in [2.05, 4.69) is 0 Å². The highest BCUT2D eigenvalue weighted by Gasteiger charge is 2.31. The molecule has 0 aliphatic carbocycles. The van der Waals surface area contributed by atoms with E-state index in [1.165, 1.54) is 0 Å². The summed E-state index contributed by atoms with van der Waals surface area (Å²) >= 11 is 0. The van der Waals surface area contributed by atoms with Gasteiger partial charge >= 0.3 is 7.75 Å².